The molecule has 0 spiro atoms. The maximum atomic E-state index is 13.2. The third-order valence-corrected chi connectivity index (χ3v) is 9.99. The molecule has 0 atom stereocenters. The molecule has 240 valence electrons. The Kier molecular flexibility index (Phi) is 8.13. The molecule has 0 saturated carbocycles. The Bertz CT molecular complexity index is 2260. The molecule has 6 rings (SSSR count). The predicted molar refractivity (Wildman–Crippen MR) is 169 cm³/mol. The van der Waals surface area contributed by atoms with Crippen LogP contribution in [0.1, 0.15) is 22.3 Å². The monoisotopic (exact) mass is 676 g/mol. The van der Waals surface area contributed by atoms with E-state index >= 15 is 0 Å². The van der Waals surface area contributed by atoms with Crippen LogP contribution < -0.4 is 30.1 Å². The predicted octanol–water partition coefficient (Wildman–Crippen LogP) is 2.61. The number of aromatic nitrogens is 4. The number of rotatable bonds is 10. The lowest BCUT2D eigenvalue weighted by Gasteiger charge is -2.07. The highest BCUT2D eigenvalue weighted by atomic mass is 32.2. The van der Waals surface area contributed by atoms with E-state index in [0.29, 0.717) is 40.3 Å². The summed E-state index contributed by atoms with van der Waals surface area (Å²) in [5, 5.41) is 3.46. The molecule has 2 aromatic heterocycles. The minimum Gasteiger partial charge on any atom is -0.281 e. The van der Waals surface area contributed by atoms with Crippen molar-refractivity contribution in [3.05, 3.63) is 140 Å². The summed E-state index contributed by atoms with van der Waals surface area (Å²) in [6, 6.07) is 27.1. The molecule has 4 N–H and O–H groups in total. The molecule has 47 heavy (non-hydrogen) atoms. The number of hydrogen-bond acceptors (Lipinski definition) is 8. The fourth-order valence-corrected chi connectivity index (χ4v) is 7.37. The molecular formula is C31H28N6O8S2+2. The van der Waals surface area contributed by atoms with Gasteiger partial charge in [0.05, 0.1) is 11.4 Å². The van der Waals surface area contributed by atoms with Crippen molar-refractivity contribution in [2.75, 3.05) is 9.44 Å². The Morgan fingerprint density at radius 1 is 0.574 bits per heavy atom. The maximum absolute atomic E-state index is 13.2. The van der Waals surface area contributed by atoms with E-state index in [9.17, 15) is 26.4 Å². The number of nitrogens with zero attached hydrogens (tertiary/aromatic N) is 2. The van der Waals surface area contributed by atoms with E-state index in [1.165, 1.54) is 0 Å². The molecule has 6 aromatic rings. The van der Waals surface area contributed by atoms with Crippen LogP contribution in [0.4, 0.5) is 11.4 Å². The van der Waals surface area contributed by atoms with Gasteiger partial charge in [0.1, 0.15) is 0 Å². The second-order valence-electron chi connectivity index (χ2n) is 10.6. The largest absolute Gasteiger partial charge is 0.449 e. The number of sulfonamides is 2. The van der Waals surface area contributed by atoms with Crippen LogP contribution in [0.5, 0.6) is 0 Å². The van der Waals surface area contributed by atoms with Gasteiger partial charge < -0.3 is 0 Å². The molecule has 0 aliphatic carbocycles. The van der Waals surface area contributed by atoms with Gasteiger partial charge in [-0.15, -0.1) is 0 Å². The molecule has 2 heterocycles. The maximum Gasteiger partial charge on any atom is 0.449 e. The van der Waals surface area contributed by atoms with Crippen LogP contribution in [-0.4, -0.2) is 27.4 Å². The van der Waals surface area contributed by atoms with Gasteiger partial charge in [-0.1, -0.05) is 60.7 Å². The van der Waals surface area contributed by atoms with Gasteiger partial charge in [-0.2, -0.15) is 16.8 Å². The van der Waals surface area contributed by atoms with Crippen molar-refractivity contribution < 1.29 is 35.2 Å². The van der Waals surface area contributed by atoms with Gasteiger partial charge in [0.25, 0.3) is 0 Å². The Morgan fingerprint density at radius 3 is 1.30 bits per heavy atom. The van der Waals surface area contributed by atoms with E-state index in [1.807, 2.05) is 0 Å². The summed E-state index contributed by atoms with van der Waals surface area (Å²) in [6.07, 6.45) is 0.458. The van der Waals surface area contributed by atoms with Crippen LogP contribution >= 0.6 is 0 Å². The highest BCUT2D eigenvalue weighted by molar-refractivity contribution is 7.92. The van der Waals surface area contributed by atoms with Gasteiger partial charge >= 0.3 is 41.3 Å². The first-order chi connectivity index (χ1) is 22.4. The van der Waals surface area contributed by atoms with Crippen molar-refractivity contribution in [3.8, 4) is 11.4 Å². The first-order valence-electron chi connectivity index (χ1n) is 14.1. The van der Waals surface area contributed by atoms with Crippen molar-refractivity contribution in [2.45, 2.75) is 30.3 Å². The second kappa shape index (κ2) is 12.2. The van der Waals surface area contributed by atoms with E-state index in [1.54, 1.807) is 111 Å². The highest BCUT2D eigenvalue weighted by Crippen LogP contribution is 2.19. The number of aromatic amines is 2. The van der Waals surface area contributed by atoms with Gasteiger partial charge in [-0.05, 0) is 74.6 Å². The standard InChI is InChI=1S/C31H26N6O8S2/c1-20-7-3-5-9-26(20)32-46(40,41)28-30(38)44-34-36(28)24-15-11-22(12-16-24)19-23-13-17-25(18-14-23)37-29(31(39)45-35-37)47(42,43)33-27-10-6-4-8-21(27)2/h3-18,32-33H,19H2,1-2H3/p+2. The molecule has 0 saturated heterocycles. The molecular weight excluding hydrogens is 649 g/mol. The van der Waals surface area contributed by atoms with E-state index in [-0.39, 0.29) is 0 Å². The smallest absolute Gasteiger partial charge is 0.281 e. The average Bonchev–Trinajstić information content (AvgIpc) is 3.63. The number of hydrogen-bond donors (Lipinski definition) is 4. The minimum absolute atomic E-state index is 0.329. The fourth-order valence-electron chi connectivity index (χ4n) is 4.85. The van der Waals surface area contributed by atoms with Gasteiger partial charge in [0, 0.05) is 24.3 Å². The summed E-state index contributed by atoms with van der Waals surface area (Å²) in [7, 11) is -8.63. The van der Waals surface area contributed by atoms with Crippen LogP contribution in [0.15, 0.2) is 126 Å². The normalized spacial score (nSPS) is 11.8. The van der Waals surface area contributed by atoms with Crippen molar-refractivity contribution in [1.29, 1.82) is 0 Å². The second-order valence-corrected chi connectivity index (χ2v) is 13.8. The summed E-state index contributed by atoms with van der Waals surface area (Å²) in [5.74, 6) is 0. The van der Waals surface area contributed by atoms with Crippen LogP contribution in [-0.2, 0) is 26.5 Å². The van der Waals surface area contributed by atoms with Gasteiger partial charge in [-0.3, -0.25) is 18.5 Å². The van der Waals surface area contributed by atoms with Crippen molar-refractivity contribution in [2.24, 2.45) is 0 Å². The topological polar surface area (TPSA) is 192 Å². The van der Waals surface area contributed by atoms with Crippen LogP contribution in [0, 0.1) is 13.8 Å². The number of anilines is 2. The molecule has 16 heteroatoms. The number of aryl methyl sites for hydroxylation is 2. The molecule has 0 aliphatic heterocycles. The molecule has 0 amide bonds. The summed E-state index contributed by atoms with van der Waals surface area (Å²) >= 11 is 0. The Hall–Kier alpha value is -5.74. The number of nitrogens with one attached hydrogen (secondary N) is 4. The first kappa shape index (κ1) is 31.3. The molecule has 0 bridgehead atoms. The zero-order chi connectivity index (χ0) is 33.3. The zero-order valence-corrected chi connectivity index (χ0v) is 26.6. The number of H-pyrrole nitrogens is 2. The third-order valence-electron chi connectivity index (χ3n) is 7.30. The quantitative estimate of drug-likeness (QED) is 0.159. The highest BCUT2D eigenvalue weighted by Gasteiger charge is 2.38. The zero-order valence-electron chi connectivity index (χ0n) is 24.9. The summed E-state index contributed by atoms with van der Waals surface area (Å²) in [5.41, 5.74) is 2.28. The Morgan fingerprint density at radius 2 is 0.936 bits per heavy atom. The lowest BCUT2D eigenvalue weighted by atomic mass is 10.0. The lowest BCUT2D eigenvalue weighted by molar-refractivity contribution is -0.705. The van der Waals surface area contributed by atoms with Crippen LogP contribution in [0.3, 0.4) is 0 Å². The number of benzene rings is 4. The molecule has 4 aromatic carbocycles. The van der Waals surface area contributed by atoms with Gasteiger partial charge in [0.15, 0.2) is 0 Å². The van der Waals surface area contributed by atoms with E-state index in [4.69, 9.17) is 9.05 Å². The first-order valence-corrected chi connectivity index (χ1v) is 17.0. The van der Waals surface area contributed by atoms with Crippen LogP contribution in [0.2, 0.25) is 0 Å². The number of para-hydroxylation sites is 2. The van der Waals surface area contributed by atoms with Crippen LogP contribution in [0.25, 0.3) is 11.4 Å². The molecule has 14 nitrogen and oxygen atoms in total. The molecule has 0 radical (unpaired) electrons. The minimum atomic E-state index is -4.31. The van der Waals surface area contributed by atoms with Crippen molar-refractivity contribution >= 4 is 31.4 Å². The molecule has 0 aliphatic rings. The summed E-state index contributed by atoms with van der Waals surface area (Å²) in [6.45, 7) is 3.48. The van der Waals surface area contributed by atoms with Gasteiger partial charge in [0.2, 0.25) is 11.4 Å². The lowest BCUT2D eigenvalue weighted by Crippen LogP contribution is -2.42. The molecule has 0 fully saturated rings. The van der Waals surface area contributed by atoms with E-state index in [2.05, 4.69) is 20.0 Å². The van der Waals surface area contributed by atoms with E-state index in [0.717, 1.165) is 20.5 Å². The van der Waals surface area contributed by atoms with E-state index < -0.39 is 41.3 Å². The summed E-state index contributed by atoms with van der Waals surface area (Å²) < 4.78 is 69.3. The Balaban J connectivity index is 1.20. The SMILES string of the molecule is Cc1ccccc1NS(=O)(=O)c1c(=O)o[nH][n+]1-c1ccc(Cc2ccc(-[n+]3[nH]oc(=O)c3S(=O)(=O)Nc3ccccc3C)cc2)cc1. The summed E-state index contributed by atoms with van der Waals surface area (Å²) in [4.78, 5) is 24.9. The van der Waals surface area contributed by atoms with Crippen molar-refractivity contribution in [3.63, 3.8) is 0 Å². The molecule has 0 unspecified atom stereocenters. The Labute approximate surface area is 267 Å². The fraction of sp³-hybridized carbons (Fsp3) is 0.0968. The third kappa shape index (κ3) is 6.36. The average molecular weight is 677 g/mol. The van der Waals surface area contributed by atoms with Crippen molar-refractivity contribution in [1.82, 2.24) is 10.5 Å². The van der Waals surface area contributed by atoms with Gasteiger partial charge in [-0.25, -0.2) is 9.59 Å².